The summed E-state index contributed by atoms with van der Waals surface area (Å²) in [4.78, 5) is 0. The van der Waals surface area contributed by atoms with Crippen molar-refractivity contribution in [2.45, 2.75) is 0 Å². The highest BCUT2D eigenvalue weighted by atomic mass is 35.5. The summed E-state index contributed by atoms with van der Waals surface area (Å²) in [5.74, 6) is -0.727. The van der Waals surface area contributed by atoms with Crippen molar-refractivity contribution in [3.8, 4) is 29.8 Å². The molecule has 3 rings (SSSR count). The molecule has 3 aromatic heterocycles. The van der Waals surface area contributed by atoms with Gasteiger partial charge in [-0.2, -0.15) is 31.1 Å². The van der Waals surface area contributed by atoms with Crippen molar-refractivity contribution < 1.29 is 4.39 Å². The van der Waals surface area contributed by atoms with E-state index in [4.69, 9.17) is 22.1 Å². The first-order valence-corrected chi connectivity index (χ1v) is 6.26. The number of aromatic amines is 1. The number of nitriles is 3. The number of hydrogen-bond donors (Lipinski definition) is 1. The predicted molar refractivity (Wildman–Crippen MR) is 71.9 cm³/mol. The van der Waals surface area contributed by atoms with Crippen molar-refractivity contribution in [1.29, 1.82) is 15.8 Å². The van der Waals surface area contributed by atoms with E-state index in [0.717, 1.165) is 15.6 Å². The Balaban J connectivity index is 2.15. The van der Waals surface area contributed by atoms with Gasteiger partial charge in [0.15, 0.2) is 28.8 Å². The molecule has 0 spiro atoms. The normalized spacial score (nSPS) is 10.0. The molecular formula is C12H3ClFN9. The number of nitrogens with zero attached hydrogens (tertiary/aromatic N) is 8. The van der Waals surface area contributed by atoms with Gasteiger partial charge in [-0.05, 0) is 0 Å². The third-order valence-electron chi connectivity index (χ3n) is 2.84. The highest BCUT2D eigenvalue weighted by Crippen LogP contribution is 2.21. The Hall–Kier alpha value is -3.68. The average molecular weight is 328 g/mol. The number of H-pyrrole nitrogens is 1. The van der Waals surface area contributed by atoms with Crippen LogP contribution >= 0.6 is 11.6 Å². The minimum absolute atomic E-state index is 0.0133. The van der Waals surface area contributed by atoms with E-state index in [9.17, 15) is 9.65 Å². The Morgan fingerprint density at radius 3 is 2.30 bits per heavy atom. The van der Waals surface area contributed by atoms with Crippen LogP contribution in [0.25, 0.3) is 11.6 Å². The third-order valence-corrected chi connectivity index (χ3v) is 3.11. The quantitative estimate of drug-likeness (QED) is 0.750. The Labute approximate surface area is 132 Å². The Morgan fingerprint density at radius 2 is 1.74 bits per heavy atom. The predicted octanol–water partition coefficient (Wildman–Crippen LogP) is 1.19. The van der Waals surface area contributed by atoms with E-state index in [1.54, 1.807) is 12.1 Å². The van der Waals surface area contributed by atoms with Crippen LogP contribution in [0.3, 0.4) is 0 Å². The van der Waals surface area contributed by atoms with Crippen LogP contribution < -0.4 is 0 Å². The molecule has 0 unspecified atom stereocenters. The molecule has 23 heavy (non-hydrogen) atoms. The van der Waals surface area contributed by atoms with Crippen molar-refractivity contribution in [2.75, 3.05) is 0 Å². The smallest absolute Gasteiger partial charge is 0.198 e. The molecule has 9 nitrogen and oxygen atoms in total. The first-order valence-electron chi connectivity index (χ1n) is 5.88. The molecule has 110 valence electrons. The van der Waals surface area contributed by atoms with Crippen LogP contribution in [-0.2, 0) is 0 Å². The molecule has 11 heteroatoms. The summed E-state index contributed by atoms with van der Waals surface area (Å²) >= 11 is 5.83. The van der Waals surface area contributed by atoms with Gasteiger partial charge >= 0.3 is 0 Å². The number of nitrogens with one attached hydrogen (secondary N) is 1. The molecule has 0 saturated heterocycles. The summed E-state index contributed by atoms with van der Waals surface area (Å²) in [7, 11) is 0. The van der Waals surface area contributed by atoms with E-state index in [1.165, 1.54) is 6.20 Å². The lowest BCUT2D eigenvalue weighted by atomic mass is 10.3. The second-order valence-corrected chi connectivity index (χ2v) is 4.55. The molecule has 0 atom stereocenters. The van der Waals surface area contributed by atoms with Crippen LogP contribution in [0.1, 0.15) is 17.0 Å². The molecule has 0 aromatic carbocycles. The first kappa shape index (κ1) is 14.3. The van der Waals surface area contributed by atoms with Crippen LogP contribution in [0, 0.1) is 39.8 Å². The van der Waals surface area contributed by atoms with Gasteiger partial charge in [0, 0.05) is 0 Å². The molecule has 0 bridgehead atoms. The zero-order valence-corrected chi connectivity index (χ0v) is 11.7. The van der Waals surface area contributed by atoms with Gasteiger partial charge in [0.1, 0.15) is 23.8 Å². The van der Waals surface area contributed by atoms with E-state index in [1.807, 2.05) is 6.07 Å². The van der Waals surface area contributed by atoms with Crippen molar-refractivity contribution >= 4 is 11.6 Å². The van der Waals surface area contributed by atoms with Gasteiger partial charge in [0.05, 0.1) is 17.4 Å². The molecule has 0 aliphatic rings. The number of aromatic nitrogens is 6. The standard InChI is InChI=1S/C12H3ClFN9/c13-7-4-22(20-9(7)2-16)11-6(1-15)12(19-18-11)23-5-8(14)10(3-17)21-23/h4-5H,(H,18,19). The van der Waals surface area contributed by atoms with Crippen LogP contribution in [0.4, 0.5) is 4.39 Å². The highest BCUT2D eigenvalue weighted by Gasteiger charge is 2.20. The fourth-order valence-corrected chi connectivity index (χ4v) is 2.01. The van der Waals surface area contributed by atoms with E-state index >= 15 is 0 Å². The number of halogens is 2. The summed E-state index contributed by atoms with van der Waals surface area (Å²) in [6.07, 6.45) is 2.25. The average Bonchev–Trinajstić information content (AvgIpc) is 3.22. The molecule has 1 N–H and O–H groups in total. The van der Waals surface area contributed by atoms with Gasteiger partial charge in [0.2, 0.25) is 0 Å². The fraction of sp³-hybridized carbons (Fsp3) is 0. The Bertz CT molecular complexity index is 961. The SMILES string of the molecule is N#Cc1nn(-c2[nH]nc(-n3cc(Cl)c(C#N)n3)c2C#N)cc1F. The van der Waals surface area contributed by atoms with Gasteiger partial charge in [-0.1, -0.05) is 11.6 Å². The highest BCUT2D eigenvalue weighted by molar-refractivity contribution is 6.31. The van der Waals surface area contributed by atoms with Crippen LogP contribution in [0.15, 0.2) is 12.4 Å². The number of rotatable bonds is 2. The van der Waals surface area contributed by atoms with Crippen molar-refractivity contribution in [2.24, 2.45) is 0 Å². The summed E-state index contributed by atoms with van der Waals surface area (Å²) in [5.41, 5.74) is -0.461. The number of hydrogen-bond acceptors (Lipinski definition) is 6. The molecular weight excluding hydrogens is 325 g/mol. The Kier molecular flexibility index (Phi) is 3.26. The third kappa shape index (κ3) is 2.18. The van der Waals surface area contributed by atoms with Gasteiger partial charge < -0.3 is 0 Å². The molecule has 0 amide bonds. The summed E-state index contributed by atoms with van der Waals surface area (Å²) < 4.78 is 15.6. The molecule has 3 heterocycles. The van der Waals surface area contributed by atoms with E-state index in [2.05, 4.69) is 20.4 Å². The monoisotopic (exact) mass is 327 g/mol. The minimum Gasteiger partial charge on any atom is -0.258 e. The lowest BCUT2D eigenvalue weighted by molar-refractivity contribution is 0.623. The summed E-state index contributed by atoms with van der Waals surface area (Å²) in [6, 6.07) is 5.26. The lowest BCUT2D eigenvalue weighted by Gasteiger charge is -1.97. The topological polar surface area (TPSA) is 136 Å². The van der Waals surface area contributed by atoms with E-state index < -0.39 is 11.5 Å². The second kappa shape index (κ2) is 5.26. The second-order valence-electron chi connectivity index (χ2n) is 4.15. The molecule has 0 aliphatic carbocycles. The van der Waals surface area contributed by atoms with Crippen LogP contribution in [0.2, 0.25) is 5.02 Å². The minimum atomic E-state index is -0.832. The van der Waals surface area contributed by atoms with E-state index in [0.29, 0.717) is 0 Å². The van der Waals surface area contributed by atoms with E-state index in [-0.39, 0.29) is 27.9 Å². The summed E-state index contributed by atoms with van der Waals surface area (Å²) in [5, 5.41) is 41.0. The maximum absolute atomic E-state index is 13.5. The maximum atomic E-state index is 13.5. The lowest BCUT2D eigenvalue weighted by Crippen LogP contribution is -2.01. The van der Waals surface area contributed by atoms with Gasteiger partial charge in [0.25, 0.3) is 0 Å². The van der Waals surface area contributed by atoms with Gasteiger partial charge in [-0.25, -0.2) is 13.8 Å². The largest absolute Gasteiger partial charge is 0.258 e. The van der Waals surface area contributed by atoms with Crippen molar-refractivity contribution in [1.82, 2.24) is 29.8 Å². The van der Waals surface area contributed by atoms with Crippen LogP contribution in [0.5, 0.6) is 0 Å². The molecule has 0 radical (unpaired) electrons. The van der Waals surface area contributed by atoms with Crippen molar-refractivity contribution in [3.63, 3.8) is 0 Å². The zero-order chi connectivity index (χ0) is 16.6. The van der Waals surface area contributed by atoms with Crippen LogP contribution in [-0.4, -0.2) is 29.8 Å². The molecule has 0 saturated carbocycles. The van der Waals surface area contributed by atoms with Gasteiger partial charge in [-0.3, -0.25) is 5.10 Å². The maximum Gasteiger partial charge on any atom is 0.198 e. The Morgan fingerprint density at radius 1 is 1.04 bits per heavy atom. The molecule has 3 aromatic rings. The molecule has 0 fully saturated rings. The van der Waals surface area contributed by atoms with Crippen molar-refractivity contribution in [3.05, 3.63) is 40.2 Å². The molecule has 0 aliphatic heterocycles. The van der Waals surface area contributed by atoms with Gasteiger partial charge in [-0.15, -0.1) is 0 Å². The fourth-order valence-electron chi connectivity index (χ4n) is 1.84. The first-order chi connectivity index (χ1) is 11.1. The zero-order valence-electron chi connectivity index (χ0n) is 11.0. The summed E-state index contributed by atoms with van der Waals surface area (Å²) in [6.45, 7) is 0.